The number of unbranched alkanes of at least 4 members (excludes halogenated alkanes) is 1. The van der Waals surface area contributed by atoms with E-state index in [4.69, 9.17) is 0 Å². The van der Waals surface area contributed by atoms with Crippen LogP contribution in [-0.2, 0) is 9.13 Å². The molecule has 20 heavy (non-hydrogen) atoms. The van der Waals surface area contributed by atoms with Crippen molar-refractivity contribution in [1.29, 1.82) is 0 Å². The highest BCUT2D eigenvalue weighted by Gasteiger charge is 2.03. The first kappa shape index (κ1) is 42.8. The molecule has 0 fully saturated rings. The van der Waals surface area contributed by atoms with Crippen molar-refractivity contribution < 1.29 is 9.13 Å². The molecule has 0 aliphatic carbocycles. The van der Waals surface area contributed by atoms with E-state index >= 15 is 0 Å². The lowest BCUT2D eigenvalue weighted by atomic mass is 10.4. The van der Waals surface area contributed by atoms with Crippen molar-refractivity contribution >= 4 is 14.3 Å². The predicted octanol–water partition coefficient (Wildman–Crippen LogP) is 7.61. The quantitative estimate of drug-likeness (QED) is 0.498. The Hall–Kier alpha value is 0.460. The van der Waals surface area contributed by atoms with E-state index in [1.54, 1.807) is 20.0 Å². The van der Waals surface area contributed by atoms with E-state index in [-0.39, 0.29) is 29.7 Å². The molecule has 2 nitrogen and oxygen atoms in total. The van der Waals surface area contributed by atoms with Crippen molar-refractivity contribution in [2.75, 3.05) is 39.5 Å². The van der Waals surface area contributed by atoms with Crippen LogP contribution in [0.25, 0.3) is 0 Å². The highest BCUT2D eigenvalue weighted by atomic mass is 31.2. The topological polar surface area (TPSA) is 34.1 Å². The molecular weight excluding hydrogens is 286 g/mol. The molecule has 0 aliphatic rings. The Bertz CT molecular complexity index is 206. The van der Waals surface area contributed by atoms with Crippen molar-refractivity contribution in [1.82, 2.24) is 0 Å². The largest absolute Gasteiger partial charge is 0.324 e. The van der Waals surface area contributed by atoms with Crippen molar-refractivity contribution in [2.45, 2.75) is 69.7 Å². The average Bonchev–Trinajstić information content (AvgIpc) is 1.97. The normalized spacial score (nSPS) is 8.60. The van der Waals surface area contributed by atoms with Gasteiger partial charge in [-0.15, -0.1) is 0 Å². The third kappa shape index (κ3) is 189. The molecule has 0 bridgehead atoms. The highest BCUT2D eigenvalue weighted by molar-refractivity contribution is 7.62. The summed E-state index contributed by atoms with van der Waals surface area (Å²) in [6, 6.07) is 0. The van der Waals surface area contributed by atoms with E-state index in [9.17, 15) is 9.13 Å². The highest BCUT2D eigenvalue weighted by Crippen LogP contribution is 2.36. The Labute approximate surface area is 133 Å². The van der Waals surface area contributed by atoms with E-state index in [0.717, 1.165) is 19.0 Å². The molecule has 0 spiro atoms. The lowest BCUT2D eigenvalue weighted by Crippen LogP contribution is -1.83. The van der Waals surface area contributed by atoms with Gasteiger partial charge in [-0.05, 0) is 39.7 Å². The summed E-state index contributed by atoms with van der Waals surface area (Å²) in [5.74, 6) is 0. The molecule has 4 heteroatoms. The fraction of sp³-hybridized carbons (Fsp3) is 1.00. The smallest absolute Gasteiger partial charge is 0.0819 e. The second kappa shape index (κ2) is 24.5. The zero-order valence-electron chi connectivity index (χ0n) is 12.5. The van der Waals surface area contributed by atoms with Crippen LogP contribution in [-0.4, -0.2) is 39.5 Å². The summed E-state index contributed by atoms with van der Waals surface area (Å²) in [4.78, 5) is 0. The Morgan fingerprint density at radius 2 is 0.900 bits per heavy atom. The molecule has 0 saturated carbocycles. The van der Waals surface area contributed by atoms with Gasteiger partial charge in [0.2, 0.25) is 0 Å². The van der Waals surface area contributed by atoms with E-state index in [0.29, 0.717) is 0 Å². The molecular formula is C16H48O2P2. The first-order valence-corrected chi connectivity index (χ1v) is 11.9. The molecule has 0 aromatic heterocycles. The SMILES string of the molecule is C.C.C.C.CCC.CCCCP(C)(C)=O.CP(C)(C)=O. The lowest BCUT2D eigenvalue weighted by Gasteiger charge is -2.02. The van der Waals surface area contributed by atoms with E-state index in [1.165, 1.54) is 6.42 Å². The molecule has 0 aliphatic heterocycles. The fourth-order valence-electron chi connectivity index (χ4n) is 0.539. The summed E-state index contributed by atoms with van der Waals surface area (Å²) in [6.45, 7) is 15.3. The van der Waals surface area contributed by atoms with Gasteiger partial charge in [-0.1, -0.05) is 63.3 Å². The van der Waals surface area contributed by atoms with E-state index < -0.39 is 14.3 Å². The summed E-state index contributed by atoms with van der Waals surface area (Å²) in [6.07, 6.45) is 4.44. The molecule has 0 atom stereocenters. The first-order chi connectivity index (χ1) is 6.97. The standard InChI is InChI=1S/C6H15OP.C3H9OP.C3H8.4CH4/c1-4-5-6-8(2,3)7;1-5(2,3)4;1-3-2;;;;/h4-6H2,1-3H3;1-3H3;3H2,1-2H3;4*1H4. The van der Waals surface area contributed by atoms with Crippen LogP contribution in [0.15, 0.2) is 0 Å². The molecule has 0 aromatic carbocycles. The lowest BCUT2D eigenvalue weighted by molar-refractivity contribution is 0.580. The van der Waals surface area contributed by atoms with Crippen LogP contribution < -0.4 is 0 Å². The third-order valence-electron chi connectivity index (χ3n) is 1.05. The summed E-state index contributed by atoms with van der Waals surface area (Å²) in [5.41, 5.74) is 0. The molecule has 0 radical (unpaired) electrons. The van der Waals surface area contributed by atoms with Gasteiger partial charge in [0.05, 0.1) is 14.3 Å². The first-order valence-electron chi connectivity index (χ1n) is 6.04. The van der Waals surface area contributed by atoms with Crippen LogP contribution in [0.3, 0.4) is 0 Å². The second-order valence-electron chi connectivity index (χ2n) is 5.25. The zero-order chi connectivity index (χ0) is 13.8. The number of hydrogen-bond donors (Lipinski definition) is 0. The number of hydrogen-bond acceptors (Lipinski definition) is 2. The van der Waals surface area contributed by atoms with Crippen LogP contribution in [0.2, 0.25) is 0 Å². The van der Waals surface area contributed by atoms with Crippen molar-refractivity contribution in [3.05, 3.63) is 0 Å². The van der Waals surface area contributed by atoms with Crippen LogP contribution in [0.1, 0.15) is 69.7 Å². The van der Waals surface area contributed by atoms with Crippen molar-refractivity contribution in [2.24, 2.45) is 0 Å². The van der Waals surface area contributed by atoms with Crippen LogP contribution >= 0.6 is 14.3 Å². The average molecular weight is 335 g/mol. The van der Waals surface area contributed by atoms with Gasteiger partial charge < -0.3 is 9.13 Å². The molecule has 0 unspecified atom stereocenters. The maximum atomic E-state index is 11.0. The Morgan fingerprint density at radius 3 is 0.950 bits per heavy atom. The van der Waals surface area contributed by atoms with Gasteiger partial charge in [0.15, 0.2) is 0 Å². The monoisotopic (exact) mass is 334 g/mol. The van der Waals surface area contributed by atoms with E-state index in [2.05, 4.69) is 20.8 Å². The molecule has 0 N–H and O–H groups in total. The Morgan fingerprint density at radius 1 is 0.700 bits per heavy atom. The third-order valence-corrected chi connectivity index (χ3v) is 2.44. The van der Waals surface area contributed by atoms with Gasteiger partial charge in [0.1, 0.15) is 0 Å². The van der Waals surface area contributed by atoms with Gasteiger partial charge in [0.25, 0.3) is 0 Å². The van der Waals surface area contributed by atoms with Gasteiger partial charge >= 0.3 is 0 Å². The molecule has 0 amide bonds. The zero-order valence-corrected chi connectivity index (χ0v) is 14.3. The van der Waals surface area contributed by atoms with Gasteiger partial charge in [-0.25, -0.2) is 0 Å². The molecule has 0 saturated heterocycles. The summed E-state index contributed by atoms with van der Waals surface area (Å²) >= 11 is 0. The summed E-state index contributed by atoms with van der Waals surface area (Å²) in [7, 11) is -3.32. The van der Waals surface area contributed by atoms with Crippen molar-refractivity contribution in [3.8, 4) is 0 Å². The van der Waals surface area contributed by atoms with Gasteiger partial charge in [0, 0.05) is 6.16 Å². The maximum absolute atomic E-state index is 11.0. The molecule has 134 valence electrons. The fourth-order valence-corrected chi connectivity index (χ4v) is 1.62. The second-order valence-corrected chi connectivity index (χ2v) is 12.6. The predicted molar refractivity (Wildman–Crippen MR) is 107 cm³/mol. The minimum absolute atomic E-state index is 0. The van der Waals surface area contributed by atoms with Crippen LogP contribution in [0.4, 0.5) is 0 Å². The minimum atomic E-state index is -1.68. The minimum Gasteiger partial charge on any atom is -0.324 e. The van der Waals surface area contributed by atoms with Crippen LogP contribution in [0.5, 0.6) is 0 Å². The Balaban J connectivity index is -0.0000000252. The summed E-state index contributed by atoms with van der Waals surface area (Å²) in [5, 5.41) is 0. The van der Waals surface area contributed by atoms with Gasteiger partial charge in [-0.2, -0.15) is 0 Å². The summed E-state index contributed by atoms with van der Waals surface area (Å²) < 4.78 is 21.2. The van der Waals surface area contributed by atoms with Gasteiger partial charge in [-0.3, -0.25) is 0 Å². The maximum Gasteiger partial charge on any atom is 0.0819 e. The molecule has 0 aromatic rings. The molecule has 0 heterocycles. The van der Waals surface area contributed by atoms with Crippen molar-refractivity contribution in [3.63, 3.8) is 0 Å². The number of rotatable bonds is 3. The van der Waals surface area contributed by atoms with E-state index in [1.807, 2.05) is 13.3 Å². The Kier molecular flexibility index (Phi) is 52.3. The molecule has 0 rings (SSSR count). The van der Waals surface area contributed by atoms with Crippen LogP contribution in [0, 0.1) is 0 Å².